The van der Waals surface area contributed by atoms with Gasteiger partial charge in [0.2, 0.25) is 0 Å². The molecule has 0 saturated carbocycles. The minimum Gasteiger partial charge on any atom is -0.493 e. The molecule has 4 aromatic rings. The molecule has 0 atom stereocenters. The number of nitrogens with one attached hydrogen (secondary N) is 1. The molecule has 1 N–H and O–H groups in total. The lowest BCUT2D eigenvalue weighted by Crippen LogP contribution is -2.29. The molecule has 0 unspecified atom stereocenters. The number of aryl methyl sites for hydroxylation is 2. The van der Waals surface area contributed by atoms with Gasteiger partial charge in [-0.15, -0.1) is 0 Å². The maximum Gasteiger partial charge on any atom is 0.275 e. The van der Waals surface area contributed by atoms with Crippen molar-refractivity contribution in [2.75, 3.05) is 20.8 Å². The summed E-state index contributed by atoms with van der Waals surface area (Å²) in [4.78, 5) is 26.2. The van der Waals surface area contributed by atoms with E-state index in [1.54, 1.807) is 25.0 Å². The first-order valence-corrected chi connectivity index (χ1v) is 10.6. The molecule has 32 heavy (non-hydrogen) atoms. The van der Waals surface area contributed by atoms with Crippen molar-refractivity contribution >= 4 is 27.7 Å². The van der Waals surface area contributed by atoms with Gasteiger partial charge in [-0.25, -0.2) is 0 Å². The van der Waals surface area contributed by atoms with Crippen LogP contribution < -0.4 is 20.3 Å². The molecule has 0 spiro atoms. The lowest BCUT2D eigenvalue weighted by molar-refractivity contribution is 0.0955. The van der Waals surface area contributed by atoms with Gasteiger partial charge in [0.1, 0.15) is 5.52 Å². The van der Waals surface area contributed by atoms with Crippen molar-refractivity contribution < 1.29 is 14.3 Å². The molecular formula is C25H27N3O4. The zero-order valence-corrected chi connectivity index (χ0v) is 18.8. The molecule has 0 fully saturated rings. The molecular weight excluding hydrogens is 406 g/mol. The van der Waals surface area contributed by atoms with E-state index in [4.69, 9.17) is 9.47 Å². The summed E-state index contributed by atoms with van der Waals surface area (Å²) < 4.78 is 14.1. The largest absolute Gasteiger partial charge is 0.493 e. The van der Waals surface area contributed by atoms with Crippen molar-refractivity contribution in [3.05, 3.63) is 70.1 Å². The molecule has 1 amide bonds. The van der Waals surface area contributed by atoms with Crippen LogP contribution in [0.5, 0.6) is 11.5 Å². The van der Waals surface area contributed by atoms with Crippen LogP contribution in [0.15, 0.2) is 53.5 Å². The molecule has 2 aromatic carbocycles. The van der Waals surface area contributed by atoms with Crippen LogP contribution in [0.1, 0.15) is 22.8 Å². The Bertz CT molecular complexity index is 1370. The zero-order valence-electron chi connectivity index (χ0n) is 18.8. The molecule has 7 nitrogen and oxygen atoms in total. The summed E-state index contributed by atoms with van der Waals surface area (Å²) in [6.45, 7) is 2.84. The Morgan fingerprint density at radius 1 is 1.06 bits per heavy atom. The second kappa shape index (κ2) is 8.78. The number of para-hydroxylation sites is 1. The van der Waals surface area contributed by atoms with Crippen molar-refractivity contribution in [2.24, 2.45) is 7.05 Å². The van der Waals surface area contributed by atoms with E-state index in [9.17, 15) is 9.59 Å². The number of rotatable bonds is 7. The van der Waals surface area contributed by atoms with Gasteiger partial charge in [0.15, 0.2) is 11.5 Å². The van der Waals surface area contributed by atoms with Gasteiger partial charge in [-0.05, 0) is 37.1 Å². The maximum atomic E-state index is 13.2. The molecule has 0 aliphatic carbocycles. The van der Waals surface area contributed by atoms with Crippen LogP contribution in [-0.4, -0.2) is 35.8 Å². The van der Waals surface area contributed by atoms with E-state index in [1.807, 2.05) is 61.0 Å². The topological polar surface area (TPSA) is 74.5 Å². The fraction of sp³-hybridized carbons (Fsp3) is 0.280. The highest BCUT2D eigenvalue weighted by Crippen LogP contribution is 2.29. The number of nitrogens with zero attached hydrogens (tertiary/aromatic N) is 2. The number of hydrogen-bond acceptors (Lipinski definition) is 4. The molecule has 0 radical (unpaired) electrons. The number of carbonyl (C=O) groups is 1. The highest BCUT2D eigenvalue weighted by molar-refractivity contribution is 6.17. The average Bonchev–Trinajstić information content (AvgIpc) is 3.12. The minimum absolute atomic E-state index is 0.0944. The Morgan fingerprint density at radius 2 is 1.81 bits per heavy atom. The third kappa shape index (κ3) is 3.60. The third-order valence-corrected chi connectivity index (χ3v) is 5.86. The van der Waals surface area contributed by atoms with Gasteiger partial charge in [0.25, 0.3) is 11.5 Å². The number of ether oxygens (including phenoxy) is 2. The van der Waals surface area contributed by atoms with Gasteiger partial charge in [-0.2, -0.15) is 0 Å². The Balaban J connectivity index is 1.66. The number of pyridine rings is 1. The summed E-state index contributed by atoms with van der Waals surface area (Å²) in [5.41, 5.74) is 2.90. The number of amides is 1. The van der Waals surface area contributed by atoms with E-state index in [0.717, 1.165) is 16.5 Å². The predicted octanol–water partition coefficient (Wildman–Crippen LogP) is 3.50. The van der Waals surface area contributed by atoms with E-state index in [0.29, 0.717) is 47.5 Å². The fourth-order valence-electron chi connectivity index (χ4n) is 4.19. The molecule has 0 bridgehead atoms. The van der Waals surface area contributed by atoms with Crippen LogP contribution in [0, 0.1) is 0 Å². The number of hydrogen-bond donors (Lipinski definition) is 1. The standard InChI is InChI=1S/C25H27N3O4/c1-5-28-15-18(22-17-8-6-7-9-19(17)27(2)23(22)25(28)30)24(29)26-13-12-16-10-11-20(31-3)21(14-16)32-4/h6-11,14-15H,5,12-13H2,1-4H3,(H,26,29). The summed E-state index contributed by atoms with van der Waals surface area (Å²) in [6.07, 6.45) is 2.31. The molecule has 2 aromatic heterocycles. The monoisotopic (exact) mass is 433 g/mol. The van der Waals surface area contributed by atoms with Crippen molar-refractivity contribution in [2.45, 2.75) is 19.9 Å². The molecule has 2 heterocycles. The number of carbonyl (C=O) groups excluding carboxylic acids is 1. The van der Waals surface area contributed by atoms with Crippen molar-refractivity contribution in [3.8, 4) is 11.5 Å². The van der Waals surface area contributed by atoms with Crippen LogP contribution in [0.2, 0.25) is 0 Å². The fourth-order valence-corrected chi connectivity index (χ4v) is 4.19. The third-order valence-electron chi connectivity index (χ3n) is 5.86. The van der Waals surface area contributed by atoms with Crippen LogP contribution in [0.4, 0.5) is 0 Å². The summed E-state index contributed by atoms with van der Waals surface area (Å²) in [7, 11) is 5.06. The van der Waals surface area contributed by atoms with E-state index in [1.165, 1.54) is 0 Å². The first-order valence-electron chi connectivity index (χ1n) is 10.6. The summed E-state index contributed by atoms with van der Waals surface area (Å²) >= 11 is 0. The SMILES string of the molecule is CCn1cc(C(=O)NCCc2ccc(OC)c(OC)c2)c2c3ccccc3n(C)c2c1=O. The van der Waals surface area contributed by atoms with Crippen LogP contribution in [0.3, 0.4) is 0 Å². The predicted molar refractivity (Wildman–Crippen MR) is 126 cm³/mol. The summed E-state index contributed by atoms with van der Waals surface area (Å²) in [5.74, 6) is 1.12. The van der Waals surface area contributed by atoms with E-state index >= 15 is 0 Å². The zero-order chi connectivity index (χ0) is 22.8. The lowest BCUT2D eigenvalue weighted by atomic mass is 10.1. The molecule has 0 aliphatic heterocycles. The van der Waals surface area contributed by atoms with E-state index < -0.39 is 0 Å². The lowest BCUT2D eigenvalue weighted by Gasteiger charge is -2.12. The molecule has 0 saturated heterocycles. The first-order chi connectivity index (χ1) is 15.5. The molecule has 7 heteroatoms. The van der Waals surface area contributed by atoms with Crippen molar-refractivity contribution in [3.63, 3.8) is 0 Å². The van der Waals surface area contributed by atoms with E-state index in [2.05, 4.69) is 5.32 Å². The summed E-state index contributed by atoms with van der Waals surface area (Å²) in [5, 5.41) is 4.61. The Labute approximate surface area is 186 Å². The number of aromatic nitrogens is 2. The quantitative estimate of drug-likeness (QED) is 0.484. The van der Waals surface area contributed by atoms with E-state index in [-0.39, 0.29) is 11.5 Å². The second-order valence-electron chi connectivity index (χ2n) is 7.63. The highest BCUT2D eigenvalue weighted by Gasteiger charge is 2.20. The van der Waals surface area contributed by atoms with Crippen molar-refractivity contribution in [1.82, 2.24) is 14.5 Å². The van der Waals surface area contributed by atoms with Crippen LogP contribution in [0.25, 0.3) is 21.8 Å². The molecule has 166 valence electrons. The van der Waals surface area contributed by atoms with Crippen molar-refractivity contribution in [1.29, 1.82) is 0 Å². The second-order valence-corrected chi connectivity index (χ2v) is 7.63. The van der Waals surface area contributed by atoms with Gasteiger partial charge in [-0.1, -0.05) is 24.3 Å². The van der Waals surface area contributed by atoms with Crippen LogP contribution in [-0.2, 0) is 20.0 Å². The average molecular weight is 434 g/mol. The first kappa shape index (κ1) is 21.5. The normalized spacial score (nSPS) is 11.1. The summed E-state index contributed by atoms with van der Waals surface area (Å²) in [6, 6.07) is 13.5. The smallest absolute Gasteiger partial charge is 0.275 e. The van der Waals surface area contributed by atoms with Gasteiger partial charge in [0.05, 0.1) is 19.8 Å². The molecule has 4 rings (SSSR count). The number of benzene rings is 2. The van der Waals surface area contributed by atoms with Gasteiger partial charge in [0, 0.05) is 42.6 Å². The maximum absolute atomic E-state index is 13.2. The Hall–Kier alpha value is -3.74. The Kier molecular flexibility index (Phi) is 5.90. The highest BCUT2D eigenvalue weighted by atomic mass is 16.5. The number of fused-ring (bicyclic) bond motifs is 3. The van der Waals surface area contributed by atoms with Gasteiger partial charge < -0.3 is 23.9 Å². The Morgan fingerprint density at radius 3 is 2.53 bits per heavy atom. The minimum atomic E-state index is -0.200. The molecule has 0 aliphatic rings. The van der Waals surface area contributed by atoms with Gasteiger partial charge in [-0.3, -0.25) is 9.59 Å². The van der Waals surface area contributed by atoms with Crippen LogP contribution >= 0.6 is 0 Å². The number of methoxy groups -OCH3 is 2. The van der Waals surface area contributed by atoms with Gasteiger partial charge >= 0.3 is 0 Å².